The van der Waals surface area contributed by atoms with E-state index in [2.05, 4.69) is 17.4 Å². The number of hydrogen-bond donors (Lipinski definition) is 2. The number of likely N-dealkylation sites (tertiary alicyclic amines) is 1. The first-order valence-electron chi connectivity index (χ1n) is 15.1. The maximum Gasteiger partial charge on any atom is 0.410 e. The van der Waals surface area contributed by atoms with Crippen LogP contribution in [0.4, 0.5) is 4.79 Å². The van der Waals surface area contributed by atoms with Gasteiger partial charge >= 0.3 is 18.0 Å². The summed E-state index contributed by atoms with van der Waals surface area (Å²) >= 11 is 0. The first-order chi connectivity index (χ1) is 21.0. The molecular formula is C35H38N2O7. The molecule has 2 unspecified atom stereocenters. The van der Waals surface area contributed by atoms with Gasteiger partial charge in [-0.15, -0.1) is 0 Å². The molecule has 1 aliphatic carbocycles. The minimum absolute atomic E-state index is 0.0486. The minimum atomic E-state index is -1.59. The Balaban J connectivity index is 1.23. The monoisotopic (exact) mass is 598 g/mol. The zero-order valence-corrected chi connectivity index (χ0v) is 25.3. The van der Waals surface area contributed by atoms with Crippen molar-refractivity contribution in [2.75, 3.05) is 19.8 Å². The lowest BCUT2D eigenvalue weighted by Gasteiger charge is -2.27. The number of hydrogen-bond acceptors (Lipinski definition) is 7. The van der Waals surface area contributed by atoms with Crippen molar-refractivity contribution in [3.63, 3.8) is 0 Å². The van der Waals surface area contributed by atoms with Gasteiger partial charge in [-0.05, 0) is 73.1 Å². The number of esters is 1. The third-order valence-electron chi connectivity index (χ3n) is 8.63. The third-order valence-corrected chi connectivity index (χ3v) is 8.63. The molecule has 3 aromatic carbocycles. The van der Waals surface area contributed by atoms with Gasteiger partial charge in [0.05, 0.1) is 13.2 Å². The van der Waals surface area contributed by atoms with Crippen LogP contribution in [0.25, 0.3) is 11.1 Å². The Morgan fingerprint density at radius 2 is 1.70 bits per heavy atom. The fraction of sp³-hybridized carbons (Fsp3) is 0.400. The van der Waals surface area contributed by atoms with Crippen LogP contribution in [0.5, 0.6) is 5.75 Å². The molecule has 44 heavy (non-hydrogen) atoms. The summed E-state index contributed by atoms with van der Waals surface area (Å²) in [6, 6.07) is 20.8. The van der Waals surface area contributed by atoms with E-state index in [-0.39, 0.29) is 32.0 Å². The molecule has 9 nitrogen and oxygen atoms in total. The lowest BCUT2D eigenvalue weighted by atomic mass is 9.95. The molecule has 9 heteroatoms. The topological polar surface area (TPSA) is 114 Å². The Bertz CT molecular complexity index is 1550. The van der Waals surface area contributed by atoms with Crippen molar-refractivity contribution in [1.29, 1.82) is 0 Å². The number of aryl methyl sites for hydroxylation is 1. The summed E-state index contributed by atoms with van der Waals surface area (Å²) in [5, 5.41) is 13.6. The number of carboxylic acids is 1. The Kier molecular flexibility index (Phi) is 7.84. The van der Waals surface area contributed by atoms with Crippen LogP contribution in [0, 0.1) is 0 Å². The molecule has 0 bridgehead atoms. The van der Waals surface area contributed by atoms with Gasteiger partial charge in [0, 0.05) is 18.9 Å². The highest BCUT2D eigenvalue weighted by Gasteiger charge is 2.55. The zero-order valence-electron chi connectivity index (χ0n) is 25.3. The quantitative estimate of drug-likeness (QED) is 0.353. The molecule has 1 saturated heterocycles. The molecule has 1 fully saturated rings. The predicted molar refractivity (Wildman–Crippen MR) is 163 cm³/mol. The lowest BCUT2D eigenvalue weighted by molar-refractivity contribution is -0.159. The molecule has 3 aromatic rings. The molecule has 2 atom stereocenters. The highest BCUT2D eigenvalue weighted by molar-refractivity contribution is 5.88. The molecule has 0 aromatic heterocycles. The van der Waals surface area contributed by atoms with Crippen LogP contribution in [0.2, 0.25) is 0 Å². The molecular weight excluding hydrogens is 560 g/mol. The summed E-state index contributed by atoms with van der Waals surface area (Å²) in [5.74, 6) is -1.20. The molecule has 230 valence electrons. The highest BCUT2D eigenvalue weighted by Crippen LogP contribution is 2.44. The summed E-state index contributed by atoms with van der Waals surface area (Å²) in [7, 11) is 0. The summed E-state index contributed by atoms with van der Waals surface area (Å²) in [5.41, 5.74) is 3.86. The molecule has 0 radical (unpaired) electrons. The Morgan fingerprint density at radius 1 is 1.02 bits per heavy atom. The fourth-order valence-electron chi connectivity index (χ4n) is 6.48. The van der Waals surface area contributed by atoms with Crippen LogP contribution in [0.3, 0.4) is 0 Å². The number of rotatable bonds is 7. The number of carboxylic acid groups (broad SMARTS) is 1. The Hall–Kier alpha value is -4.37. The van der Waals surface area contributed by atoms with E-state index in [0.29, 0.717) is 6.61 Å². The molecule has 0 spiro atoms. The average Bonchev–Trinajstić information content (AvgIpc) is 3.56. The second kappa shape index (κ2) is 11.6. The largest absolute Gasteiger partial charge is 0.493 e. The number of carbonyl (C=O) groups is 3. The number of ether oxygens (including phenoxy) is 3. The maximum absolute atomic E-state index is 13.7. The van der Waals surface area contributed by atoms with E-state index in [1.165, 1.54) is 4.90 Å². The van der Waals surface area contributed by atoms with Gasteiger partial charge in [0.2, 0.25) is 0 Å². The number of nitrogens with zero attached hydrogens (tertiary/aromatic N) is 1. The number of nitrogens with one attached hydrogen (secondary N) is 1. The van der Waals surface area contributed by atoms with Crippen LogP contribution >= 0.6 is 0 Å². The number of fused-ring (bicyclic) bond motifs is 4. The minimum Gasteiger partial charge on any atom is -0.493 e. The van der Waals surface area contributed by atoms with Crippen molar-refractivity contribution in [3.05, 3.63) is 89.0 Å². The van der Waals surface area contributed by atoms with Gasteiger partial charge in [0.1, 0.15) is 29.5 Å². The molecule has 2 heterocycles. The van der Waals surface area contributed by atoms with Gasteiger partial charge < -0.3 is 19.3 Å². The van der Waals surface area contributed by atoms with E-state index in [0.717, 1.165) is 52.0 Å². The Labute approximate surface area is 257 Å². The molecule has 1 amide bonds. The van der Waals surface area contributed by atoms with Crippen molar-refractivity contribution in [2.24, 2.45) is 0 Å². The zero-order chi connectivity index (χ0) is 31.1. The number of carbonyl (C=O) groups excluding carboxylic acids is 2. The normalized spacial score (nSPS) is 20.7. The first kappa shape index (κ1) is 29.7. The van der Waals surface area contributed by atoms with Crippen LogP contribution in [0.1, 0.15) is 61.8 Å². The summed E-state index contributed by atoms with van der Waals surface area (Å²) in [6.45, 7) is 5.85. The molecule has 2 aliphatic heterocycles. The SMILES string of the molecule is CC(C)(C)OC(=O)C1CC(NCc2ccc3c(c2)OCCC3)(C(=O)O)CN1C(=O)OCC1c2ccccc2-c2ccccc21. The average molecular weight is 599 g/mol. The van der Waals surface area contributed by atoms with Crippen molar-refractivity contribution < 1.29 is 33.7 Å². The van der Waals surface area contributed by atoms with Gasteiger partial charge in [-0.2, -0.15) is 0 Å². The van der Waals surface area contributed by atoms with E-state index in [9.17, 15) is 19.5 Å². The fourth-order valence-corrected chi connectivity index (χ4v) is 6.48. The van der Waals surface area contributed by atoms with Crippen LogP contribution in [-0.2, 0) is 32.0 Å². The number of benzene rings is 3. The van der Waals surface area contributed by atoms with Crippen molar-refractivity contribution in [3.8, 4) is 16.9 Å². The summed E-state index contributed by atoms with van der Waals surface area (Å²) in [6.07, 6.45) is 0.983. The van der Waals surface area contributed by atoms with Crippen LogP contribution in [0.15, 0.2) is 66.7 Å². The van der Waals surface area contributed by atoms with Gasteiger partial charge in [-0.3, -0.25) is 15.0 Å². The molecule has 2 N–H and O–H groups in total. The molecule has 6 rings (SSSR count). The van der Waals surface area contributed by atoms with E-state index >= 15 is 0 Å². The van der Waals surface area contributed by atoms with E-state index in [1.54, 1.807) is 20.8 Å². The summed E-state index contributed by atoms with van der Waals surface area (Å²) < 4.78 is 17.3. The summed E-state index contributed by atoms with van der Waals surface area (Å²) in [4.78, 5) is 41.1. The highest BCUT2D eigenvalue weighted by atomic mass is 16.6. The first-order valence-corrected chi connectivity index (χ1v) is 15.1. The maximum atomic E-state index is 13.7. The Morgan fingerprint density at radius 3 is 2.36 bits per heavy atom. The van der Waals surface area contributed by atoms with Gasteiger partial charge in [-0.1, -0.05) is 60.7 Å². The van der Waals surface area contributed by atoms with E-state index < -0.39 is 35.2 Å². The third kappa shape index (κ3) is 5.76. The van der Waals surface area contributed by atoms with Crippen LogP contribution in [-0.4, -0.2) is 65.0 Å². The van der Waals surface area contributed by atoms with Crippen molar-refractivity contribution in [1.82, 2.24) is 10.2 Å². The van der Waals surface area contributed by atoms with Crippen LogP contribution < -0.4 is 10.1 Å². The van der Waals surface area contributed by atoms with E-state index in [1.807, 2.05) is 54.6 Å². The van der Waals surface area contributed by atoms with Crippen molar-refractivity contribution in [2.45, 2.75) is 69.7 Å². The van der Waals surface area contributed by atoms with E-state index in [4.69, 9.17) is 14.2 Å². The number of amides is 1. The number of aliphatic carboxylic acids is 1. The second-order valence-corrected chi connectivity index (χ2v) is 12.8. The standard InChI is InChI=1S/C35H38N2O7/c1-34(2,3)44-31(38)29-18-35(32(39)40,36-19-22-14-15-23-9-8-16-42-30(23)17-22)21-37(29)33(41)43-20-28-26-12-6-4-10-24(26)25-11-5-7-13-27(25)28/h4-7,10-15,17,28-29,36H,8-9,16,18-21H2,1-3H3,(H,39,40). The smallest absolute Gasteiger partial charge is 0.410 e. The van der Waals surface area contributed by atoms with Crippen molar-refractivity contribution >= 4 is 18.0 Å². The molecule has 3 aliphatic rings. The van der Waals surface area contributed by atoms with Gasteiger partial charge in [0.15, 0.2) is 0 Å². The van der Waals surface area contributed by atoms with Gasteiger partial charge in [-0.25, -0.2) is 9.59 Å². The second-order valence-electron chi connectivity index (χ2n) is 12.8. The predicted octanol–water partition coefficient (Wildman–Crippen LogP) is 5.29. The molecule has 0 saturated carbocycles. The van der Waals surface area contributed by atoms with Gasteiger partial charge in [0.25, 0.3) is 0 Å². The lowest BCUT2D eigenvalue weighted by Crippen LogP contribution is -2.54.